The average molecular weight is 379 g/mol. The van der Waals surface area contributed by atoms with Crippen molar-refractivity contribution in [2.24, 2.45) is 0 Å². The van der Waals surface area contributed by atoms with Crippen molar-refractivity contribution in [1.29, 1.82) is 0 Å². The zero-order valence-corrected chi connectivity index (χ0v) is 18.3. The summed E-state index contributed by atoms with van der Waals surface area (Å²) in [6.45, 7) is 12.8. The van der Waals surface area contributed by atoms with E-state index in [4.69, 9.17) is 18.6 Å². The van der Waals surface area contributed by atoms with Crippen LogP contribution in [-0.4, -0.2) is 41.9 Å². The molecule has 26 heavy (non-hydrogen) atoms. The minimum absolute atomic E-state index is 0.00165. The van der Waals surface area contributed by atoms with E-state index in [-0.39, 0.29) is 11.1 Å². The molecule has 0 aliphatic carbocycles. The van der Waals surface area contributed by atoms with E-state index in [9.17, 15) is 0 Å². The Labute approximate surface area is 160 Å². The molecule has 0 aliphatic heterocycles. The fraction of sp³-hybridized carbons (Fsp3) is 0.619. The molecule has 1 aromatic carbocycles. The van der Waals surface area contributed by atoms with E-state index in [1.54, 1.807) is 14.2 Å². The normalized spacial score (nSPS) is 13.0. The first-order valence-corrected chi connectivity index (χ1v) is 11.9. The first-order chi connectivity index (χ1) is 12.2. The summed E-state index contributed by atoms with van der Waals surface area (Å²) in [7, 11) is 1.62. The lowest BCUT2D eigenvalue weighted by Gasteiger charge is -2.37. The number of hydrogen-bond acceptors (Lipinski definition) is 4. The van der Waals surface area contributed by atoms with E-state index in [0.717, 1.165) is 11.3 Å². The molecule has 0 aliphatic rings. The number of hydrogen-bond donors (Lipinski definition) is 0. The molecule has 0 radical (unpaired) electrons. The number of methoxy groups -OCH3 is 2. The Kier molecular flexibility index (Phi) is 9.38. The summed E-state index contributed by atoms with van der Waals surface area (Å²) in [5.41, 5.74) is 1.10. The van der Waals surface area contributed by atoms with Crippen molar-refractivity contribution in [3.63, 3.8) is 0 Å². The van der Waals surface area contributed by atoms with Gasteiger partial charge in [-0.1, -0.05) is 44.7 Å². The van der Waals surface area contributed by atoms with Gasteiger partial charge in [0.1, 0.15) is 12.4 Å². The van der Waals surface area contributed by atoms with Gasteiger partial charge in [-0.3, -0.25) is 0 Å². The van der Waals surface area contributed by atoms with Crippen LogP contribution in [0, 0.1) is 11.8 Å². The van der Waals surface area contributed by atoms with Gasteiger partial charge < -0.3 is 18.6 Å². The molecule has 0 amide bonds. The highest BCUT2D eigenvalue weighted by Gasteiger charge is 2.37. The lowest BCUT2D eigenvalue weighted by molar-refractivity contribution is 0.0567. The molecule has 146 valence electrons. The Bertz CT molecular complexity index is 579. The van der Waals surface area contributed by atoms with Gasteiger partial charge in [0.05, 0.1) is 26.4 Å². The molecule has 0 N–H and O–H groups in total. The van der Waals surface area contributed by atoms with Crippen molar-refractivity contribution in [2.75, 3.05) is 27.4 Å². The first kappa shape index (κ1) is 22.7. The minimum atomic E-state index is -1.75. The molecular formula is C21H34O4Si. The zero-order chi connectivity index (χ0) is 19.6. The van der Waals surface area contributed by atoms with Crippen LogP contribution in [0.15, 0.2) is 24.3 Å². The average Bonchev–Trinajstić information content (AvgIpc) is 2.60. The van der Waals surface area contributed by atoms with Gasteiger partial charge in [0.2, 0.25) is 0 Å². The maximum absolute atomic E-state index is 6.21. The maximum Gasteiger partial charge on any atom is 0.192 e. The van der Waals surface area contributed by atoms with Crippen molar-refractivity contribution in [2.45, 2.75) is 58.0 Å². The second-order valence-electron chi connectivity index (χ2n) is 7.83. The van der Waals surface area contributed by atoms with Crippen LogP contribution in [-0.2, 0) is 20.5 Å². The predicted octanol–water partition coefficient (Wildman–Crippen LogP) is 4.64. The summed E-state index contributed by atoms with van der Waals surface area (Å²) in [4.78, 5) is 0. The van der Waals surface area contributed by atoms with Crippen LogP contribution < -0.4 is 4.74 Å². The number of ether oxygens (including phenoxy) is 3. The molecule has 0 fully saturated rings. The minimum Gasteiger partial charge on any atom is -0.497 e. The number of benzene rings is 1. The van der Waals surface area contributed by atoms with Crippen LogP contribution in [0.5, 0.6) is 5.75 Å². The van der Waals surface area contributed by atoms with E-state index >= 15 is 0 Å². The third-order valence-corrected chi connectivity index (χ3v) is 9.33. The van der Waals surface area contributed by atoms with Crippen LogP contribution in [0.3, 0.4) is 0 Å². The summed E-state index contributed by atoms with van der Waals surface area (Å²) in [6.07, 6.45) is 0.648. The molecule has 5 heteroatoms. The largest absolute Gasteiger partial charge is 0.497 e. The SMILES string of the molecule is COc1ccc(COCC#CC[C@H](CO[Si](C)(C)C(C)(C)C)OC)cc1. The van der Waals surface area contributed by atoms with Crippen molar-refractivity contribution in [3.8, 4) is 17.6 Å². The molecule has 0 saturated carbocycles. The van der Waals surface area contributed by atoms with E-state index in [2.05, 4.69) is 45.7 Å². The molecule has 0 unspecified atom stereocenters. The highest BCUT2D eigenvalue weighted by molar-refractivity contribution is 6.74. The lowest BCUT2D eigenvalue weighted by atomic mass is 10.2. The first-order valence-electron chi connectivity index (χ1n) is 9.02. The van der Waals surface area contributed by atoms with Crippen molar-refractivity contribution in [3.05, 3.63) is 29.8 Å². The van der Waals surface area contributed by atoms with Gasteiger partial charge in [0.15, 0.2) is 8.32 Å². The van der Waals surface area contributed by atoms with E-state index in [1.807, 2.05) is 24.3 Å². The van der Waals surface area contributed by atoms with E-state index in [0.29, 0.717) is 26.2 Å². The Morgan fingerprint density at radius 3 is 2.23 bits per heavy atom. The molecule has 4 nitrogen and oxygen atoms in total. The second kappa shape index (κ2) is 10.7. The smallest absolute Gasteiger partial charge is 0.192 e. The molecule has 0 aromatic heterocycles. The molecule has 0 spiro atoms. The van der Waals surface area contributed by atoms with Gasteiger partial charge in [-0.25, -0.2) is 0 Å². The third-order valence-electron chi connectivity index (χ3n) is 4.83. The maximum atomic E-state index is 6.21. The summed E-state index contributed by atoms with van der Waals surface area (Å²) >= 11 is 0. The molecular weight excluding hydrogens is 344 g/mol. The second-order valence-corrected chi connectivity index (χ2v) is 12.6. The Balaban J connectivity index is 2.31. The summed E-state index contributed by atoms with van der Waals surface area (Å²) in [5.74, 6) is 7.03. The third kappa shape index (κ3) is 7.92. The molecule has 1 rings (SSSR count). The van der Waals surface area contributed by atoms with Gasteiger partial charge in [-0.15, -0.1) is 0 Å². The lowest BCUT2D eigenvalue weighted by Crippen LogP contribution is -2.42. The van der Waals surface area contributed by atoms with E-state index in [1.165, 1.54) is 0 Å². The topological polar surface area (TPSA) is 36.9 Å². The van der Waals surface area contributed by atoms with Crippen LogP contribution in [0.4, 0.5) is 0 Å². The Morgan fingerprint density at radius 2 is 1.69 bits per heavy atom. The fourth-order valence-corrected chi connectivity index (χ4v) is 2.94. The molecule has 0 saturated heterocycles. The monoisotopic (exact) mass is 378 g/mol. The predicted molar refractivity (Wildman–Crippen MR) is 109 cm³/mol. The molecule has 0 heterocycles. The van der Waals surface area contributed by atoms with Crippen LogP contribution in [0.25, 0.3) is 0 Å². The highest BCUT2D eigenvalue weighted by Crippen LogP contribution is 2.36. The van der Waals surface area contributed by atoms with Gasteiger partial charge >= 0.3 is 0 Å². The van der Waals surface area contributed by atoms with Crippen molar-refractivity contribution >= 4 is 8.32 Å². The molecule has 1 aromatic rings. The van der Waals surface area contributed by atoms with Gasteiger partial charge in [-0.2, -0.15) is 0 Å². The Hall–Kier alpha value is -1.32. The number of rotatable bonds is 9. The molecule has 0 bridgehead atoms. The van der Waals surface area contributed by atoms with Crippen LogP contribution >= 0.6 is 0 Å². The van der Waals surface area contributed by atoms with Crippen molar-refractivity contribution < 1.29 is 18.6 Å². The van der Waals surface area contributed by atoms with Crippen LogP contribution in [0.2, 0.25) is 18.1 Å². The standard InChI is InChI=1S/C21H34O4Si/c1-21(2,3)26(6,7)25-17-20(23-5)10-8-9-15-24-16-18-11-13-19(22-4)14-12-18/h11-14,20H,10,15-17H2,1-7H3/t20-/m1/s1. The van der Waals surface area contributed by atoms with Crippen molar-refractivity contribution in [1.82, 2.24) is 0 Å². The van der Waals surface area contributed by atoms with Gasteiger partial charge in [0, 0.05) is 13.5 Å². The van der Waals surface area contributed by atoms with E-state index < -0.39 is 8.32 Å². The summed E-state index contributed by atoms with van der Waals surface area (Å²) < 4.78 is 22.4. The summed E-state index contributed by atoms with van der Waals surface area (Å²) in [6, 6.07) is 7.84. The van der Waals surface area contributed by atoms with Gasteiger partial charge in [0.25, 0.3) is 0 Å². The quantitative estimate of drug-likeness (QED) is 0.356. The van der Waals surface area contributed by atoms with Crippen LogP contribution in [0.1, 0.15) is 32.8 Å². The molecule has 1 atom stereocenters. The van der Waals surface area contributed by atoms with Gasteiger partial charge in [-0.05, 0) is 35.8 Å². The highest BCUT2D eigenvalue weighted by atomic mass is 28.4. The zero-order valence-electron chi connectivity index (χ0n) is 17.3. The fourth-order valence-electron chi connectivity index (χ4n) is 1.91. The summed E-state index contributed by atoms with van der Waals surface area (Å²) in [5, 5.41) is 0.201. The Morgan fingerprint density at radius 1 is 1.04 bits per heavy atom.